The van der Waals surface area contributed by atoms with Gasteiger partial charge < -0.3 is 15.1 Å². The number of furan rings is 1. The van der Waals surface area contributed by atoms with Gasteiger partial charge in [-0.1, -0.05) is 18.2 Å². The van der Waals surface area contributed by atoms with Crippen LogP contribution in [0.1, 0.15) is 17.7 Å². The van der Waals surface area contributed by atoms with E-state index in [4.69, 9.17) is 4.42 Å². The monoisotopic (exact) mass is 294 g/mol. The van der Waals surface area contributed by atoms with Crippen LogP contribution in [-0.4, -0.2) is 19.0 Å². The van der Waals surface area contributed by atoms with Gasteiger partial charge in [-0.15, -0.1) is 12.4 Å². The highest BCUT2D eigenvalue weighted by Crippen LogP contribution is 2.24. The Bertz CT molecular complexity index is 603. The van der Waals surface area contributed by atoms with Crippen molar-refractivity contribution >= 4 is 29.3 Å². The minimum absolute atomic E-state index is 0. The number of benzene rings is 1. The molecule has 1 saturated heterocycles. The van der Waals surface area contributed by atoms with Crippen LogP contribution in [-0.2, 0) is 11.3 Å². The van der Waals surface area contributed by atoms with Gasteiger partial charge in [0.2, 0.25) is 5.91 Å². The van der Waals surface area contributed by atoms with E-state index >= 15 is 0 Å². The van der Waals surface area contributed by atoms with Crippen LogP contribution >= 0.6 is 12.4 Å². The third-order valence-electron chi connectivity index (χ3n) is 3.80. The molecule has 1 amide bonds. The average molecular weight is 295 g/mol. The second kappa shape index (κ2) is 6.29. The molecule has 3 rings (SSSR count). The maximum absolute atomic E-state index is 12.0. The molecule has 20 heavy (non-hydrogen) atoms. The number of aryl methyl sites for hydroxylation is 1. The first-order chi connectivity index (χ1) is 9.25. The van der Waals surface area contributed by atoms with Crippen molar-refractivity contribution in [1.82, 2.24) is 10.6 Å². The van der Waals surface area contributed by atoms with Gasteiger partial charge in [0.1, 0.15) is 11.3 Å². The zero-order valence-corrected chi connectivity index (χ0v) is 12.3. The first kappa shape index (κ1) is 14.9. The number of fused-ring (bicyclic) bond motifs is 1. The Labute approximate surface area is 124 Å². The van der Waals surface area contributed by atoms with Crippen LogP contribution < -0.4 is 10.6 Å². The molecule has 1 atom stereocenters. The quantitative estimate of drug-likeness (QED) is 0.914. The summed E-state index contributed by atoms with van der Waals surface area (Å²) in [5, 5.41) is 7.29. The van der Waals surface area contributed by atoms with Crippen molar-refractivity contribution in [2.45, 2.75) is 19.9 Å². The third kappa shape index (κ3) is 2.81. The van der Waals surface area contributed by atoms with E-state index in [0.29, 0.717) is 6.54 Å². The van der Waals surface area contributed by atoms with E-state index < -0.39 is 0 Å². The molecular formula is C15H19ClN2O2. The van der Waals surface area contributed by atoms with Crippen LogP contribution in [0, 0.1) is 12.8 Å². The molecular weight excluding hydrogens is 276 g/mol. The first-order valence-electron chi connectivity index (χ1n) is 6.71. The summed E-state index contributed by atoms with van der Waals surface area (Å²) in [7, 11) is 0. The van der Waals surface area contributed by atoms with Crippen LogP contribution in [0.5, 0.6) is 0 Å². The first-order valence-corrected chi connectivity index (χ1v) is 6.71. The lowest BCUT2D eigenvalue weighted by molar-refractivity contribution is -0.124. The van der Waals surface area contributed by atoms with Crippen LogP contribution in [0.2, 0.25) is 0 Å². The van der Waals surface area contributed by atoms with Gasteiger partial charge in [0.05, 0.1) is 12.5 Å². The highest BCUT2D eigenvalue weighted by molar-refractivity contribution is 5.85. The van der Waals surface area contributed by atoms with Crippen molar-refractivity contribution < 1.29 is 9.21 Å². The van der Waals surface area contributed by atoms with E-state index in [9.17, 15) is 4.79 Å². The highest BCUT2D eigenvalue weighted by Gasteiger charge is 2.22. The summed E-state index contributed by atoms with van der Waals surface area (Å²) in [6.45, 7) is 4.22. The lowest BCUT2D eigenvalue weighted by Gasteiger charge is -2.08. The van der Waals surface area contributed by atoms with E-state index in [-0.39, 0.29) is 24.2 Å². The van der Waals surface area contributed by atoms with Crippen molar-refractivity contribution in [1.29, 1.82) is 0 Å². The fourth-order valence-corrected chi connectivity index (χ4v) is 2.58. The Kier molecular flexibility index (Phi) is 4.68. The van der Waals surface area contributed by atoms with E-state index in [1.807, 2.05) is 31.2 Å². The number of carbonyl (C=O) groups excluding carboxylic acids is 1. The lowest BCUT2D eigenvalue weighted by atomic mass is 10.1. The van der Waals surface area contributed by atoms with Crippen LogP contribution in [0.25, 0.3) is 11.0 Å². The molecule has 2 N–H and O–H groups in total. The fraction of sp³-hybridized carbons (Fsp3) is 0.400. The largest absolute Gasteiger partial charge is 0.459 e. The maximum atomic E-state index is 12.0. The second-order valence-corrected chi connectivity index (χ2v) is 5.05. The van der Waals surface area contributed by atoms with Gasteiger partial charge in [-0.2, -0.15) is 0 Å². The maximum Gasteiger partial charge on any atom is 0.224 e. The second-order valence-electron chi connectivity index (χ2n) is 5.05. The predicted octanol–water partition coefficient (Wildman–Crippen LogP) is 2.39. The number of carbonyl (C=O) groups is 1. The van der Waals surface area contributed by atoms with Gasteiger partial charge in [0.15, 0.2) is 0 Å². The Hall–Kier alpha value is -1.52. The number of hydrogen-bond donors (Lipinski definition) is 2. The molecule has 1 unspecified atom stereocenters. The van der Waals surface area contributed by atoms with E-state index in [1.54, 1.807) is 0 Å². The SMILES string of the molecule is Cc1c(CNC(=O)C2CCNC2)oc2ccccc12.Cl. The summed E-state index contributed by atoms with van der Waals surface area (Å²) < 4.78 is 5.78. The number of rotatable bonds is 3. The zero-order chi connectivity index (χ0) is 13.2. The molecule has 1 aromatic carbocycles. The topological polar surface area (TPSA) is 54.3 Å². The van der Waals surface area contributed by atoms with Gasteiger partial charge >= 0.3 is 0 Å². The Morgan fingerprint density at radius 1 is 1.45 bits per heavy atom. The Morgan fingerprint density at radius 2 is 2.25 bits per heavy atom. The van der Waals surface area contributed by atoms with Crippen LogP contribution in [0.15, 0.2) is 28.7 Å². The van der Waals surface area contributed by atoms with Crippen molar-refractivity contribution in [2.75, 3.05) is 13.1 Å². The summed E-state index contributed by atoms with van der Waals surface area (Å²) in [6.07, 6.45) is 0.922. The minimum atomic E-state index is 0. The standard InChI is InChI=1S/C15H18N2O2.ClH/c1-10-12-4-2-3-5-13(12)19-14(10)9-17-15(18)11-6-7-16-8-11;/h2-5,11,16H,6-9H2,1H3,(H,17,18);1H. The van der Waals surface area contributed by atoms with Gasteiger partial charge in [-0.05, 0) is 26.0 Å². The third-order valence-corrected chi connectivity index (χ3v) is 3.80. The summed E-state index contributed by atoms with van der Waals surface area (Å²) in [5.41, 5.74) is 1.99. The smallest absolute Gasteiger partial charge is 0.224 e. The molecule has 1 aliphatic rings. The molecule has 1 fully saturated rings. The molecule has 0 bridgehead atoms. The van der Waals surface area contributed by atoms with Crippen molar-refractivity contribution in [3.05, 3.63) is 35.6 Å². The fourth-order valence-electron chi connectivity index (χ4n) is 2.58. The van der Waals surface area contributed by atoms with Gasteiger partial charge in [-0.25, -0.2) is 0 Å². The Morgan fingerprint density at radius 3 is 2.95 bits per heavy atom. The molecule has 2 heterocycles. The minimum Gasteiger partial charge on any atom is -0.459 e. The molecule has 108 valence electrons. The zero-order valence-electron chi connectivity index (χ0n) is 11.4. The summed E-state index contributed by atoms with van der Waals surface area (Å²) in [6, 6.07) is 7.95. The van der Waals surface area contributed by atoms with Crippen molar-refractivity contribution in [3.8, 4) is 0 Å². The molecule has 2 aromatic rings. The molecule has 0 saturated carbocycles. The molecule has 4 nitrogen and oxygen atoms in total. The average Bonchev–Trinajstić information content (AvgIpc) is 3.05. The van der Waals surface area contributed by atoms with E-state index in [2.05, 4.69) is 10.6 Å². The number of hydrogen-bond acceptors (Lipinski definition) is 3. The number of nitrogens with one attached hydrogen (secondary N) is 2. The summed E-state index contributed by atoms with van der Waals surface area (Å²) in [5.74, 6) is 1.06. The summed E-state index contributed by atoms with van der Waals surface area (Å²) in [4.78, 5) is 12.0. The van der Waals surface area contributed by atoms with E-state index in [0.717, 1.165) is 41.8 Å². The Balaban J connectivity index is 0.00000147. The van der Waals surface area contributed by atoms with Gasteiger partial charge in [0.25, 0.3) is 0 Å². The number of para-hydroxylation sites is 1. The number of amides is 1. The lowest BCUT2D eigenvalue weighted by Crippen LogP contribution is -2.31. The van der Waals surface area contributed by atoms with Gasteiger partial charge in [0, 0.05) is 17.5 Å². The van der Waals surface area contributed by atoms with Crippen molar-refractivity contribution in [2.24, 2.45) is 5.92 Å². The molecule has 0 spiro atoms. The molecule has 5 heteroatoms. The van der Waals surface area contributed by atoms with E-state index in [1.165, 1.54) is 0 Å². The molecule has 1 aromatic heterocycles. The highest BCUT2D eigenvalue weighted by atomic mass is 35.5. The summed E-state index contributed by atoms with van der Waals surface area (Å²) >= 11 is 0. The number of halogens is 1. The van der Waals surface area contributed by atoms with Crippen LogP contribution in [0.4, 0.5) is 0 Å². The predicted molar refractivity (Wildman–Crippen MR) is 81.0 cm³/mol. The molecule has 0 aliphatic carbocycles. The van der Waals surface area contributed by atoms with Gasteiger partial charge in [-0.3, -0.25) is 4.79 Å². The molecule has 0 radical (unpaired) electrons. The molecule has 1 aliphatic heterocycles. The normalized spacial score (nSPS) is 17.9. The van der Waals surface area contributed by atoms with Crippen LogP contribution in [0.3, 0.4) is 0 Å². The van der Waals surface area contributed by atoms with Crippen molar-refractivity contribution in [3.63, 3.8) is 0 Å².